The minimum absolute atomic E-state index is 0.0267. The van der Waals surface area contributed by atoms with Crippen molar-refractivity contribution in [1.29, 1.82) is 0 Å². The number of nitrogens with zero attached hydrogens (tertiary/aromatic N) is 2. The fourth-order valence-electron chi connectivity index (χ4n) is 2.15. The summed E-state index contributed by atoms with van der Waals surface area (Å²) in [6.07, 6.45) is 1.41. The Morgan fingerprint density at radius 2 is 2.04 bits per heavy atom. The van der Waals surface area contributed by atoms with E-state index in [1.54, 1.807) is 12.1 Å². The van der Waals surface area contributed by atoms with Crippen molar-refractivity contribution in [3.8, 4) is 0 Å². The van der Waals surface area contributed by atoms with Gasteiger partial charge in [0.2, 0.25) is 0 Å². The summed E-state index contributed by atoms with van der Waals surface area (Å²) in [5, 5.41) is 15.5. The average Bonchev–Trinajstić information content (AvgIpc) is 3.00. The summed E-state index contributed by atoms with van der Waals surface area (Å²) in [6, 6.07) is 13.6. The van der Waals surface area contributed by atoms with Crippen LogP contribution >= 0.6 is 15.9 Å². The highest BCUT2D eigenvalue weighted by Gasteiger charge is 2.09. The van der Waals surface area contributed by atoms with Crippen molar-refractivity contribution in [2.24, 2.45) is 5.10 Å². The van der Waals surface area contributed by atoms with Gasteiger partial charge in [0.05, 0.1) is 11.1 Å². The molecule has 0 unspecified atom stereocenters. The van der Waals surface area contributed by atoms with Gasteiger partial charge in [-0.25, -0.2) is 5.43 Å². The average molecular weight is 387 g/mol. The first kappa shape index (κ1) is 15.9. The quantitative estimate of drug-likeness (QED) is 0.406. The first-order chi connectivity index (χ1) is 11.5. The maximum Gasteiger partial charge on any atom is 0.287 e. The Morgan fingerprint density at radius 1 is 1.25 bits per heavy atom. The molecule has 0 atom stereocenters. The van der Waals surface area contributed by atoms with Gasteiger partial charge in [-0.05, 0) is 34.1 Å². The number of aromatic nitrogens is 1. The Balaban J connectivity index is 1.71. The number of nitro benzene ring substituents is 1. The molecule has 0 saturated carbocycles. The van der Waals surface area contributed by atoms with Crippen molar-refractivity contribution in [1.82, 2.24) is 10.4 Å². The predicted octanol–water partition coefficient (Wildman–Crippen LogP) is 3.60. The fourth-order valence-corrected chi connectivity index (χ4v) is 2.62. The van der Waals surface area contributed by atoms with E-state index in [1.165, 1.54) is 18.3 Å². The van der Waals surface area contributed by atoms with E-state index < -0.39 is 4.92 Å². The van der Waals surface area contributed by atoms with E-state index in [1.807, 2.05) is 24.3 Å². The first-order valence-electron chi connectivity index (χ1n) is 6.90. The van der Waals surface area contributed by atoms with Crippen molar-refractivity contribution in [3.05, 3.63) is 74.4 Å². The summed E-state index contributed by atoms with van der Waals surface area (Å²) in [6.45, 7) is 0. The molecule has 0 bridgehead atoms. The lowest BCUT2D eigenvalue weighted by Crippen LogP contribution is -2.17. The van der Waals surface area contributed by atoms with Crippen LogP contribution in [0.3, 0.4) is 0 Å². The van der Waals surface area contributed by atoms with Crippen LogP contribution in [0.2, 0.25) is 0 Å². The lowest BCUT2D eigenvalue weighted by Gasteiger charge is -1.99. The third kappa shape index (κ3) is 3.33. The van der Waals surface area contributed by atoms with Gasteiger partial charge < -0.3 is 4.98 Å². The van der Waals surface area contributed by atoms with Gasteiger partial charge in [0.1, 0.15) is 5.69 Å². The molecule has 0 spiro atoms. The zero-order valence-corrected chi connectivity index (χ0v) is 13.8. The Kier molecular flexibility index (Phi) is 4.39. The number of halogens is 1. The molecule has 8 heteroatoms. The maximum atomic E-state index is 12.1. The molecule has 3 rings (SSSR count). The number of H-pyrrole nitrogens is 1. The molecule has 2 aromatic carbocycles. The Labute approximate surface area is 144 Å². The molecule has 0 radical (unpaired) electrons. The molecule has 0 fully saturated rings. The molecule has 2 N–H and O–H groups in total. The maximum absolute atomic E-state index is 12.1. The standard InChI is InChI=1S/C16H11BrN4O3/c17-13-8-12(21(23)24)6-5-11(13)9-18-20-16(22)15-7-10-3-1-2-4-14(10)19-15/h1-9,19H,(H,20,22)/b18-9-. The number of hydrogen-bond donors (Lipinski definition) is 2. The van der Waals surface area contributed by atoms with Gasteiger partial charge in [0.15, 0.2) is 0 Å². The number of carbonyl (C=O) groups is 1. The van der Waals surface area contributed by atoms with Crippen molar-refractivity contribution >= 4 is 44.6 Å². The van der Waals surface area contributed by atoms with Crippen LogP contribution in [0, 0.1) is 10.1 Å². The molecule has 1 aromatic heterocycles. The second kappa shape index (κ2) is 6.63. The number of amides is 1. The summed E-state index contributed by atoms with van der Waals surface area (Å²) in [7, 11) is 0. The van der Waals surface area contributed by atoms with E-state index in [0.29, 0.717) is 15.7 Å². The number of nitrogens with one attached hydrogen (secondary N) is 2. The third-order valence-electron chi connectivity index (χ3n) is 3.34. The Hall–Kier alpha value is -3.00. The molecule has 3 aromatic rings. The number of hydrazone groups is 1. The molecule has 0 aliphatic heterocycles. The molecule has 7 nitrogen and oxygen atoms in total. The molecule has 1 amide bonds. The summed E-state index contributed by atoms with van der Waals surface area (Å²) in [5.41, 5.74) is 4.26. The van der Waals surface area contributed by atoms with Gasteiger partial charge in [0, 0.05) is 33.1 Å². The lowest BCUT2D eigenvalue weighted by molar-refractivity contribution is -0.384. The largest absolute Gasteiger partial charge is 0.350 e. The monoisotopic (exact) mass is 386 g/mol. The van der Waals surface area contributed by atoms with Crippen LogP contribution in [0.1, 0.15) is 16.1 Å². The molecule has 0 saturated heterocycles. The Bertz CT molecular complexity index is 932. The minimum Gasteiger partial charge on any atom is -0.350 e. The van der Waals surface area contributed by atoms with E-state index >= 15 is 0 Å². The zero-order valence-electron chi connectivity index (χ0n) is 12.2. The second-order valence-electron chi connectivity index (χ2n) is 4.93. The second-order valence-corrected chi connectivity index (χ2v) is 5.79. The molecular weight excluding hydrogens is 376 g/mol. The Morgan fingerprint density at radius 3 is 2.75 bits per heavy atom. The number of rotatable bonds is 4. The number of para-hydroxylation sites is 1. The van der Waals surface area contributed by atoms with Crippen LogP contribution < -0.4 is 5.43 Å². The number of fused-ring (bicyclic) bond motifs is 1. The van der Waals surface area contributed by atoms with Crippen LogP contribution in [0.25, 0.3) is 10.9 Å². The number of carbonyl (C=O) groups excluding carboxylic acids is 1. The van der Waals surface area contributed by atoms with E-state index in [0.717, 1.165) is 10.9 Å². The summed E-state index contributed by atoms with van der Waals surface area (Å²) in [4.78, 5) is 25.3. The number of benzene rings is 2. The highest BCUT2D eigenvalue weighted by Crippen LogP contribution is 2.21. The number of nitro groups is 1. The van der Waals surface area contributed by atoms with Crippen molar-refractivity contribution in [3.63, 3.8) is 0 Å². The molecule has 0 aliphatic rings. The number of aromatic amines is 1. The molecule has 24 heavy (non-hydrogen) atoms. The van der Waals surface area contributed by atoms with Crippen LogP contribution in [0.4, 0.5) is 5.69 Å². The SMILES string of the molecule is O=C(N/N=C\c1ccc([N+](=O)[O-])cc1Br)c1cc2ccccc2[nH]1. The van der Waals surface area contributed by atoms with Crippen molar-refractivity contribution in [2.75, 3.05) is 0 Å². The minimum atomic E-state index is -0.483. The molecular formula is C16H11BrN4O3. The smallest absolute Gasteiger partial charge is 0.287 e. The zero-order chi connectivity index (χ0) is 17.1. The molecule has 1 heterocycles. The summed E-state index contributed by atoms with van der Waals surface area (Å²) in [5.74, 6) is -0.375. The van der Waals surface area contributed by atoms with Gasteiger partial charge in [-0.1, -0.05) is 18.2 Å². The van der Waals surface area contributed by atoms with Crippen LogP contribution in [0.5, 0.6) is 0 Å². The number of hydrogen-bond acceptors (Lipinski definition) is 4. The van der Waals surface area contributed by atoms with Crippen LogP contribution in [0.15, 0.2) is 58.1 Å². The summed E-state index contributed by atoms with van der Waals surface area (Å²) < 4.78 is 0.514. The number of non-ortho nitro benzene ring substituents is 1. The van der Waals surface area contributed by atoms with Gasteiger partial charge in [-0.2, -0.15) is 5.10 Å². The molecule has 0 aliphatic carbocycles. The normalized spacial score (nSPS) is 11.0. The van der Waals surface area contributed by atoms with Crippen LogP contribution in [-0.2, 0) is 0 Å². The van der Waals surface area contributed by atoms with Gasteiger partial charge >= 0.3 is 0 Å². The van der Waals surface area contributed by atoms with Gasteiger partial charge in [0.25, 0.3) is 11.6 Å². The first-order valence-corrected chi connectivity index (χ1v) is 7.69. The van der Waals surface area contributed by atoms with E-state index in [9.17, 15) is 14.9 Å². The van der Waals surface area contributed by atoms with Crippen molar-refractivity contribution in [2.45, 2.75) is 0 Å². The van der Waals surface area contributed by atoms with Gasteiger partial charge in [-0.3, -0.25) is 14.9 Å². The summed E-state index contributed by atoms with van der Waals surface area (Å²) >= 11 is 3.24. The predicted molar refractivity (Wildman–Crippen MR) is 94.2 cm³/mol. The topological polar surface area (TPSA) is 100 Å². The van der Waals surface area contributed by atoms with E-state index in [4.69, 9.17) is 0 Å². The van der Waals surface area contributed by atoms with E-state index in [-0.39, 0.29) is 11.6 Å². The third-order valence-corrected chi connectivity index (χ3v) is 4.03. The lowest BCUT2D eigenvalue weighted by atomic mass is 10.2. The highest BCUT2D eigenvalue weighted by molar-refractivity contribution is 9.10. The van der Waals surface area contributed by atoms with Crippen molar-refractivity contribution < 1.29 is 9.72 Å². The highest BCUT2D eigenvalue weighted by atomic mass is 79.9. The van der Waals surface area contributed by atoms with E-state index in [2.05, 4.69) is 31.4 Å². The van der Waals surface area contributed by atoms with Crippen LogP contribution in [-0.4, -0.2) is 22.0 Å². The molecule has 120 valence electrons. The van der Waals surface area contributed by atoms with Gasteiger partial charge in [-0.15, -0.1) is 0 Å². The fraction of sp³-hybridized carbons (Fsp3) is 0.